The van der Waals surface area contributed by atoms with Gasteiger partial charge in [-0.3, -0.25) is 9.59 Å². The summed E-state index contributed by atoms with van der Waals surface area (Å²) in [5.74, 6) is 0.644. The summed E-state index contributed by atoms with van der Waals surface area (Å²) in [7, 11) is 0. The highest BCUT2D eigenvalue weighted by Crippen LogP contribution is 2.36. The van der Waals surface area contributed by atoms with Gasteiger partial charge in [0.25, 0.3) is 0 Å². The van der Waals surface area contributed by atoms with E-state index < -0.39 is 11.9 Å². The molecule has 2 aliphatic heterocycles. The first kappa shape index (κ1) is 17.7. The van der Waals surface area contributed by atoms with Gasteiger partial charge in [-0.2, -0.15) is 0 Å². The Labute approximate surface area is 161 Å². The minimum atomic E-state index is -0.527. The zero-order chi connectivity index (χ0) is 19.0. The van der Waals surface area contributed by atoms with Crippen LogP contribution in [0.5, 0.6) is 17.2 Å². The van der Waals surface area contributed by atoms with E-state index >= 15 is 0 Å². The van der Waals surface area contributed by atoms with E-state index in [2.05, 4.69) is 0 Å². The molecule has 0 aliphatic carbocycles. The number of aryl methyl sites for hydroxylation is 1. The number of hydrogen-bond acceptors (Lipinski definition) is 5. The fraction of sp³-hybridized carbons (Fsp3) is 0.300. The highest BCUT2D eigenvalue weighted by molar-refractivity contribution is 6.30. The van der Waals surface area contributed by atoms with Gasteiger partial charge in [-0.1, -0.05) is 11.6 Å². The lowest BCUT2D eigenvalue weighted by molar-refractivity contribution is -0.139. The van der Waals surface area contributed by atoms with Gasteiger partial charge in [-0.05, 0) is 42.8 Å². The van der Waals surface area contributed by atoms with Crippen molar-refractivity contribution >= 4 is 29.2 Å². The van der Waals surface area contributed by atoms with Gasteiger partial charge in [0.1, 0.15) is 19.0 Å². The number of carbonyl (C=O) groups is 2. The summed E-state index contributed by atoms with van der Waals surface area (Å²) in [6.45, 7) is 3.06. The molecular weight excluding hydrogens is 370 g/mol. The molecule has 0 saturated carbocycles. The second kappa shape index (κ2) is 7.12. The third-order valence-corrected chi connectivity index (χ3v) is 4.88. The summed E-state index contributed by atoms with van der Waals surface area (Å²) in [5.41, 5.74) is 1.45. The van der Waals surface area contributed by atoms with E-state index in [1.54, 1.807) is 41.3 Å². The molecule has 0 N–H and O–H groups in total. The van der Waals surface area contributed by atoms with Crippen LogP contribution in [0.15, 0.2) is 36.4 Å². The lowest BCUT2D eigenvalue weighted by atomic mass is 10.1. The summed E-state index contributed by atoms with van der Waals surface area (Å²) >= 11 is 5.93. The van der Waals surface area contributed by atoms with E-state index in [4.69, 9.17) is 25.8 Å². The summed E-state index contributed by atoms with van der Waals surface area (Å²) in [6, 6.07) is 10.4. The lowest BCUT2D eigenvalue weighted by Gasteiger charge is -2.22. The highest BCUT2D eigenvalue weighted by atomic mass is 35.5. The normalized spacial score (nSPS) is 18.5. The van der Waals surface area contributed by atoms with E-state index in [0.29, 0.717) is 41.2 Å². The van der Waals surface area contributed by atoms with Gasteiger partial charge in [0.15, 0.2) is 11.5 Å². The number of esters is 1. The smallest absolute Gasteiger partial charge is 0.316 e. The zero-order valence-corrected chi connectivity index (χ0v) is 15.5. The van der Waals surface area contributed by atoms with E-state index in [9.17, 15) is 9.59 Å². The maximum Gasteiger partial charge on any atom is 0.316 e. The van der Waals surface area contributed by atoms with Crippen molar-refractivity contribution in [1.82, 2.24) is 0 Å². The van der Waals surface area contributed by atoms with Crippen molar-refractivity contribution in [1.29, 1.82) is 0 Å². The molecule has 1 amide bonds. The Morgan fingerprint density at radius 3 is 2.70 bits per heavy atom. The molecule has 6 nitrogen and oxygen atoms in total. The average molecular weight is 388 g/mol. The standard InChI is InChI=1S/C20H18ClNO5/c1-12-8-14(21)2-4-16(12)27-20(24)13-9-19(23)22(11-13)15-3-5-17-18(10-15)26-7-6-25-17/h2-5,8,10,13H,6-7,9,11H2,1H3. The van der Waals surface area contributed by atoms with Gasteiger partial charge >= 0.3 is 5.97 Å². The number of carbonyl (C=O) groups excluding carboxylic acids is 2. The molecular formula is C20H18ClNO5. The second-order valence-electron chi connectivity index (χ2n) is 6.56. The number of halogens is 1. The Kier molecular flexibility index (Phi) is 4.66. The number of benzene rings is 2. The minimum absolute atomic E-state index is 0.111. The molecule has 0 spiro atoms. The van der Waals surface area contributed by atoms with Gasteiger partial charge in [0.05, 0.1) is 5.92 Å². The van der Waals surface area contributed by atoms with Crippen molar-refractivity contribution in [3.8, 4) is 17.2 Å². The van der Waals surface area contributed by atoms with E-state index in [0.717, 1.165) is 5.56 Å². The molecule has 2 aliphatic rings. The molecule has 4 rings (SSSR count). The number of hydrogen-bond donors (Lipinski definition) is 0. The van der Waals surface area contributed by atoms with Gasteiger partial charge in [0.2, 0.25) is 5.91 Å². The van der Waals surface area contributed by atoms with Crippen molar-refractivity contribution in [2.75, 3.05) is 24.7 Å². The van der Waals surface area contributed by atoms with Crippen molar-refractivity contribution in [3.05, 3.63) is 47.0 Å². The molecule has 0 aromatic heterocycles. The second-order valence-corrected chi connectivity index (χ2v) is 7.00. The number of rotatable bonds is 3. The highest BCUT2D eigenvalue weighted by Gasteiger charge is 2.37. The van der Waals surface area contributed by atoms with Crippen LogP contribution in [0.2, 0.25) is 5.02 Å². The molecule has 1 atom stereocenters. The molecule has 0 radical (unpaired) electrons. The van der Waals surface area contributed by atoms with Crippen LogP contribution in [0.3, 0.4) is 0 Å². The van der Waals surface area contributed by atoms with E-state index in [-0.39, 0.29) is 18.9 Å². The topological polar surface area (TPSA) is 65.1 Å². The fourth-order valence-electron chi connectivity index (χ4n) is 3.23. The van der Waals surface area contributed by atoms with Crippen LogP contribution in [0.25, 0.3) is 0 Å². The quantitative estimate of drug-likeness (QED) is 0.596. The first-order valence-corrected chi connectivity index (χ1v) is 9.07. The number of anilines is 1. The van der Waals surface area contributed by atoms with Crippen LogP contribution in [0.4, 0.5) is 5.69 Å². The third kappa shape index (κ3) is 3.57. The number of amides is 1. The van der Waals surface area contributed by atoms with Crippen molar-refractivity contribution in [2.24, 2.45) is 5.92 Å². The van der Waals surface area contributed by atoms with E-state index in [1.165, 1.54) is 0 Å². The van der Waals surface area contributed by atoms with Crippen molar-refractivity contribution in [2.45, 2.75) is 13.3 Å². The molecule has 1 saturated heterocycles. The number of ether oxygens (including phenoxy) is 3. The zero-order valence-electron chi connectivity index (χ0n) is 14.7. The fourth-order valence-corrected chi connectivity index (χ4v) is 3.46. The molecule has 7 heteroatoms. The summed E-state index contributed by atoms with van der Waals surface area (Å²) in [4.78, 5) is 26.6. The maximum atomic E-state index is 12.5. The molecule has 27 heavy (non-hydrogen) atoms. The maximum absolute atomic E-state index is 12.5. The van der Waals surface area contributed by atoms with Crippen LogP contribution in [-0.4, -0.2) is 31.6 Å². The predicted octanol–water partition coefficient (Wildman–Crippen LogP) is 3.38. The van der Waals surface area contributed by atoms with Crippen molar-refractivity contribution < 1.29 is 23.8 Å². The molecule has 2 aromatic carbocycles. The van der Waals surface area contributed by atoms with E-state index in [1.807, 2.05) is 6.92 Å². The lowest BCUT2D eigenvalue weighted by Crippen LogP contribution is -2.27. The summed E-state index contributed by atoms with van der Waals surface area (Å²) < 4.78 is 16.6. The molecule has 2 aromatic rings. The van der Waals surface area contributed by atoms with Gasteiger partial charge in [-0.25, -0.2) is 0 Å². The molecule has 2 heterocycles. The molecule has 1 fully saturated rings. The summed E-state index contributed by atoms with van der Waals surface area (Å²) in [5, 5.41) is 0.577. The van der Waals surface area contributed by atoms with Crippen LogP contribution in [0.1, 0.15) is 12.0 Å². The van der Waals surface area contributed by atoms with Crippen LogP contribution in [0, 0.1) is 12.8 Å². The number of fused-ring (bicyclic) bond motifs is 1. The SMILES string of the molecule is Cc1cc(Cl)ccc1OC(=O)C1CC(=O)N(c2ccc3c(c2)OCCO3)C1. The minimum Gasteiger partial charge on any atom is -0.486 e. The first-order valence-electron chi connectivity index (χ1n) is 8.69. The Balaban J connectivity index is 1.48. The Morgan fingerprint density at radius 2 is 1.93 bits per heavy atom. The summed E-state index contributed by atoms with van der Waals surface area (Å²) in [6.07, 6.45) is 0.111. The van der Waals surface area contributed by atoms with Crippen LogP contribution in [-0.2, 0) is 9.59 Å². The van der Waals surface area contributed by atoms with Gasteiger partial charge in [0, 0.05) is 29.7 Å². The number of nitrogens with zero attached hydrogens (tertiary/aromatic N) is 1. The Hall–Kier alpha value is -2.73. The largest absolute Gasteiger partial charge is 0.486 e. The monoisotopic (exact) mass is 387 g/mol. The van der Waals surface area contributed by atoms with Gasteiger partial charge < -0.3 is 19.1 Å². The van der Waals surface area contributed by atoms with Crippen LogP contribution >= 0.6 is 11.6 Å². The molecule has 1 unspecified atom stereocenters. The molecule has 140 valence electrons. The van der Waals surface area contributed by atoms with Gasteiger partial charge in [-0.15, -0.1) is 0 Å². The first-order chi connectivity index (χ1) is 13.0. The average Bonchev–Trinajstić information content (AvgIpc) is 3.05. The Bertz CT molecular complexity index is 913. The van der Waals surface area contributed by atoms with Crippen LogP contribution < -0.4 is 19.1 Å². The predicted molar refractivity (Wildman–Crippen MR) is 99.7 cm³/mol. The third-order valence-electron chi connectivity index (χ3n) is 4.64. The molecule has 0 bridgehead atoms. The Morgan fingerprint density at radius 1 is 1.15 bits per heavy atom. The van der Waals surface area contributed by atoms with Crippen molar-refractivity contribution in [3.63, 3.8) is 0 Å².